The maximum Gasteiger partial charge on any atom is 0.320 e. The molecule has 0 radical (unpaired) electrons. The van der Waals surface area contributed by atoms with Gasteiger partial charge in [0.2, 0.25) is 0 Å². The monoisotopic (exact) mass is 463 g/mol. The number of aromatic nitrogens is 2. The Balaban J connectivity index is 1.40. The molecule has 5 rings (SSSR count). The minimum atomic E-state index is -0.778. The first-order chi connectivity index (χ1) is 16.3. The summed E-state index contributed by atoms with van der Waals surface area (Å²) in [4.78, 5) is 19.5. The molecule has 178 valence electrons. The van der Waals surface area contributed by atoms with Crippen LogP contribution in [0.1, 0.15) is 38.8 Å². The normalized spacial score (nSPS) is 22.7. The number of aromatic amines is 1. The van der Waals surface area contributed by atoms with E-state index in [0.717, 1.165) is 41.6 Å². The third-order valence-electron chi connectivity index (χ3n) is 7.32. The molecular formula is C27H30FN3O3. The molecule has 3 aromatic rings. The van der Waals surface area contributed by atoms with E-state index in [1.165, 1.54) is 17.7 Å². The minimum Gasteiger partial charge on any atom is -0.496 e. The van der Waals surface area contributed by atoms with Crippen molar-refractivity contribution in [3.8, 4) is 16.9 Å². The van der Waals surface area contributed by atoms with Crippen LogP contribution in [0.5, 0.6) is 5.75 Å². The molecule has 3 unspecified atom stereocenters. The molecule has 3 N–H and O–H groups in total. The zero-order valence-electron chi connectivity index (χ0n) is 19.6. The van der Waals surface area contributed by atoms with Crippen LogP contribution < -0.4 is 10.1 Å². The fraction of sp³-hybridized carbons (Fsp3) is 0.407. The molecule has 0 amide bonds. The van der Waals surface area contributed by atoms with Crippen molar-refractivity contribution in [2.75, 3.05) is 7.11 Å². The van der Waals surface area contributed by atoms with Crippen molar-refractivity contribution in [2.45, 2.75) is 45.2 Å². The van der Waals surface area contributed by atoms with Crippen LogP contribution in [0.4, 0.5) is 4.39 Å². The SMILES string of the molecule is COc1ccc(F)cc1-c1ccnc2[nH]c(C3=CC4CC(N[C@@H](C(=O)O)C(C)C)CC4C3)cc12. The Bertz CT molecular complexity index is 1270. The summed E-state index contributed by atoms with van der Waals surface area (Å²) in [7, 11) is 1.59. The molecular weight excluding hydrogens is 433 g/mol. The minimum absolute atomic E-state index is 0.0498. The second kappa shape index (κ2) is 8.87. The number of hydrogen-bond donors (Lipinski definition) is 3. The molecule has 1 aromatic carbocycles. The van der Waals surface area contributed by atoms with Crippen LogP contribution in [-0.2, 0) is 4.79 Å². The fourth-order valence-corrected chi connectivity index (χ4v) is 5.67. The number of aliphatic carboxylic acids is 1. The van der Waals surface area contributed by atoms with E-state index in [1.54, 1.807) is 19.4 Å². The predicted molar refractivity (Wildman–Crippen MR) is 130 cm³/mol. The van der Waals surface area contributed by atoms with Crippen LogP contribution in [0.2, 0.25) is 0 Å². The number of fused-ring (bicyclic) bond motifs is 2. The van der Waals surface area contributed by atoms with Crippen LogP contribution in [-0.4, -0.2) is 40.2 Å². The van der Waals surface area contributed by atoms with Crippen molar-refractivity contribution >= 4 is 22.6 Å². The van der Waals surface area contributed by atoms with Crippen LogP contribution in [0.25, 0.3) is 27.7 Å². The first-order valence-electron chi connectivity index (χ1n) is 11.9. The third kappa shape index (κ3) is 4.09. The zero-order chi connectivity index (χ0) is 24.0. The molecule has 0 spiro atoms. The van der Waals surface area contributed by atoms with Gasteiger partial charge in [0, 0.05) is 28.9 Å². The Hall–Kier alpha value is -3.19. The summed E-state index contributed by atoms with van der Waals surface area (Å²) < 4.78 is 19.5. The van der Waals surface area contributed by atoms with Crippen molar-refractivity contribution in [2.24, 2.45) is 17.8 Å². The largest absolute Gasteiger partial charge is 0.496 e. The van der Waals surface area contributed by atoms with E-state index in [-0.39, 0.29) is 17.8 Å². The first kappa shape index (κ1) is 22.6. The zero-order valence-corrected chi connectivity index (χ0v) is 19.6. The summed E-state index contributed by atoms with van der Waals surface area (Å²) >= 11 is 0. The lowest BCUT2D eigenvalue weighted by Gasteiger charge is -2.23. The topological polar surface area (TPSA) is 87.2 Å². The number of carbonyl (C=O) groups is 1. The standard InChI is InChI=1S/C27H30FN3O3/c1-14(2)25(27(32)33)30-19-10-15-8-17(9-16(15)11-19)23-13-22-20(6-7-29-26(22)31-23)21-12-18(28)4-5-24(21)34-3/h4-8,12-16,19,25,30H,9-11H2,1-3H3,(H,29,31)(H,32,33)/t15?,16?,19?,25-/m1/s1. The Kier molecular flexibility index (Phi) is 5.90. The highest BCUT2D eigenvalue weighted by Crippen LogP contribution is 2.46. The summed E-state index contributed by atoms with van der Waals surface area (Å²) in [5.74, 6) is 0.528. The number of pyridine rings is 1. The number of hydrogen-bond acceptors (Lipinski definition) is 4. The molecule has 2 heterocycles. The Labute approximate surface area is 198 Å². The Morgan fingerprint density at radius 1 is 1.24 bits per heavy atom. The molecule has 6 nitrogen and oxygen atoms in total. The number of nitrogens with one attached hydrogen (secondary N) is 2. The predicted octanol–water partition coefficient (Wildman–Crippen LogP) is 5.26. The van der Waals surface area contributed by atoms with E-state index in [1.807, 2.05) is 19.9 Å². The number of allylic oxidation sites excluding steroid dienone is 2. The molecule has 34 heavy (non-hydrogen) atoms. The van der Waals surface area contributed by atoms with Gasteiger partial charge in [-0.1, -0.05) is 19.9 Å². The molecule has 2 aliphatic rings. The van der Waals surface area contributed by atoms with Crippen LogP contribution in [0.3, 0.4) is 0 Å². The summed E-state index contributed by atoms with van der Waals surface area (Å²) in [6, 6.07) is 8.24. The van der Waals surface area contributed by atoms with Gasteiger partial charge in [-0.05, 0) is 78.5 Å². The fourth-order valence-electron chi connectivity index (χ4n) is 5.67. The number of benzene rings is 1. The van der Waals surface area contributed by atoms with Gasteiger partial charge in [0.15, 0.2) is 0 Å². The number of ether oxygens (including phenoxy) is 1. The van der Waals surface area contributed by atoms with Gasteiger partial charge in [0.25, 0.3) is 0 Å². The van der Waals surface area contributed by atoms with Gasteiger partial charge in [-0.2, -0.15) is 0 Å². The Morgan fingerprint density at radius 3 is 2.76 bits per heavy atom. The summed E-state index contributed by atoms with van der Waals surface area (Å²) in [6.07, 6.45) is 6.95. The van der Waals surface area contributed by atoms with E-state index in [2.05, 4.69) is 27.4 Å². The lowest BCUT2D eigenvalue weighted by Crippen LogP contribution is -2.45. The van der Waals surface area contributed by atoms with Gasteiger partial charge in [-0.15, -0.1) is 0 Å². The summed E-state index contributed by atoms with van der Waals surface area (Å²) in [6.45, 7) is 3.88. The number of carboxylic acids is 1. The number of nitrogens with zero attached hydrogens (tertiary/aromatic N) is 1. The van der Waals surface area contributed by atoms with Crippen molar-refractivity contribution in [1.82, 2.24) is 15.3 Å². The quantitative estimate of drug-likeness (QED) is 0.445. The maximum absolute atomic E-state index is 14.0. The van der Waals surface area contributed by atoms with Gasteiger partial charge >= 0.3 is 5.97 Å². The average Bonchev–Trinajstić information content (AvgIpc) is 3.49. The first-order valence-corrected chi connectivity index (χ1v) is 11.9. The van der Waals surface area contributed by atoms with Gasteiger partial charge < -0.3 is 20.1 Å². The number of methoxy groups -OCH3 is 1. The number of H-pyrrole nitrogens is 1. The van der Waals surface area contributed by atoms with Gasteiger partial charge in [-0.3, -0.25) is 4.79 Å². The second-order valence-electron chi connectivity index (χ2n) is 9.86. The average molecular weight is 464 g/mol. The molecule has 2 aromatic heterocycles. The number of carboxylic acid groups (broad SMARTS) is 1. The van der Waals surface area contributed by atoms with E-state index < -0.39 is 12.0 Å². The van der Waals surface area contributed by atoms with E-state index >= 15 is 0 Å². The van der Waals surface area contributed by atoms with Gasteiger partial charge in [0.05, 0.1) is 7.11 Å². The Morgan fingerprint density at radius 2 is 2.06 bits per heavy atom. The third-order valence-corrected chi connectivity index (χ3v) is 7.32. The lowest BCUT2D eigenvalue weighted by atomic mass is 9.98. The number of rotatable bonds is 7. The van der Waals surface area contributed by atoms with Crippen molar-refractivity contribution < 1.29 is 19.0 Å². The van der Waals surface area contributed by atoms with Crippen molar-refractivity contribution in [3.05, 3.63) is 54.1 Å². The number of halogens is 1. The molecule has 0 aliphatic heterocycles. The molecule has 2 aliphatic carbocycles. The maximum atomic E-state index is 14.0. The van der Waals surface area contributed by atoms with E-state index in [0.29, 0.717) is 23.1 Å². The van der Waals surface area contributed by atoms with E-state index in [4.69, 9.17) is 4.74 Å². The van der Waals surface area contributed by atoms with Gasteiger partial charge in [0.1, 0.15) is 23.3 Å². The molecule has 7 heteroatoms. The van der Waals surface area contributed by atoms with Crippen molar-refractivity contribution in [3.63, 3.8) is 0 Å². The van der Waals surface area contributed by atoms with Crippen molar-refractivity contribution in [1.29, 1.82) is 0 Å². The van der Waals surface area contributed by atoms with Gasteiger partial charge in [-0.25, -0.2) is 9.37 Å². The highest BCUT2D eigenvalue weighted by atomic mass is 19.1. The molecule has 1 fully saturated rings. The van der Waals surface area contributed by atoms with Crippen LogP contribution >= 0.6 is 0 Å². The highest BCUT2D eigenvalue weighted by Gasteiger charge is 2.39. The summed E-state index contributed by atoms with van der Waals surface area (Å²) in [5, 5.41) is 13.8. The van der Waals surface area contributed by atoms with E-state index in [9.17, 15) is 14.3 Å². The summed E-state index contributed by atoms with van der Waals surface area (Å²) in [5.41, 5.74) is 4.64. The smallest absolute Gasteiger partial charge is 0.320 e. The molecule has 0 bridgehead atoms. The molecule has 0 saturated heterocycles. The second-order valence-corrected chi connectivity index (χ2v) is 9.86. The van der Waals surface area contributed by atoms with Crippen LogP contribution in [0.15, 0.2) is 42.6 Å². The lowest BCUT2D eigenvalue weighted by molar-refractivity contribution is -0.140. The molecule has 1 saturated carbocycles. The van der Waals surface area contributed by atoms with Crippen LogP contribution in [0, 0.1) is 23.6 Å². The highest BCUT2D eigenvalue weighted by molar-refractivity contribution is 5.96. The molecule has 4 atom stereocenters.